The SMILES string of the molecule is C#CCNC(=O)C(C)N1C[C@@H](C)[C@H](C(=O)O)C1. The zero-order valence-electron chi connectivity index (χ0n) is 10.1. The van der Waals surface area contributed by atoms with E-state index in [0.29, 0.717) is 13.1 Å². The van der Waals surface area contributed by atoms with Crippen molar-refractivity contribution in [1.82, 2.24) is 10.2 Å². The van der Waals surface area contributed by atoms with Crippen LogP contribution in [-0.4, -0.2) is 47.6 Å². The Kier molecular flexibility index (Phi) is 4.53. The number of carbonyl (C=O) groups excluding carboxylic acids is 1. The molecule has 5 heteroatoms. The molecule has 1 rings (SSSR count). The van der Waals surface area contributed by atoms with Crippen LogP contribution in [0.4, 0.5) is 0 Å². The zero-order valence-corrected chi connectivity index (χ0v) is 10.1. The van der Waals surface area contributed by atoms with Crippen LogP contribution in [0, 0.1) is 24.2 Å². The molecule has 17 heavy (non-hydrogen) atoms. The molecule has 1 heterocycles. The second-order valence-corrected chi connectivity index (χ2v) is 4.47. The Bertz CT molecular complexity index is 348. The number of likely N-dealkylation sites (tertiary alicyclic amines) is 1. The first kappa shape index (κ1) is 13.5. The van der Waals surface area contributed by atoms with Gasteiger partial charge in [-0.3, -0.25) is 14.5 Å². The molecule has 94 valence electrons. The summed E-state index contributed by atoms with van der Waals surface area (Å²) in [5.41, 5.74) is 0. The first-order valence-electron chi connectivity index (χ1n) is 5.65. The molecule has 2 N–H and O–H groups in total. The number of nitrogens with one attached hydrogen (secondary N) is 1. The number of carboxylic acids is 1. The van der Waals surface area contributed by atoms with Gasteiger partial charge >= 0.3 is 5.97 Å². The number of hydrogen-bond acceptors (Lipinski definition) is 3. The van der Waals surface area contributed by atoms with Crippen molar-refractivity contribution in [2.75, 3.05) is 19.6 Å². The second-order valence-electron chi connectivity index (χ2n) is 4.47. The number of carbonyl (C=O) groups is 2. The van der Waals surface area contributed by atoms with Crippen molar-refractivity contribution in [3.63, 3.8) is 0 Å². The molecule has 1 aliphatic rings. The van der Waals surface area contributed by atoms with Crippen LogP contribution in [0.15, 0.2) is 0 Å². The fourth-order valence-electron chi connectivity index (χ4n) is 2.09. The molecule has 0 aromatic heterocycles. The van der Waals surface area contributed by atoms with Crippen molar-refractivity contribution < 1.29 is 14.7 Å². The van der Waals surface area contributed by atoms with Gasteiger partial charge in [-0.2, -0.15) is 0 Å². The number of carboxylic acid groups (broad SMARTS) is 1. The fourth-order valence-corrected chi connectivity index (χ4v) is 2.09. The maximum absolute atomic E-state index is 11.7. The van der Waals surface area contributed by atoms with Gasteiger partial charge in [-0.1, -0.05) is 12.8 Å². The Labute approximate surface area is 101 Å². The van der Waals surface area contributed by atoms with Gasteiger partial charge in [0, 0.05) is 13.1 Å². The third-order valence-electron chi connectivity index (χ3n) is 3.25. The molecule has 0 saturated carbocycles. The van der Waals surface area contributed by atoms with Gasteiger partial charge in [-0.25, -0.2) is 0 Å². The van der Waals surface area contributed by atoms with Gasteiger partial charge in [0.15, 0.2) is 0 Å². The number of nitrogens with zero attached hydrogens (tertiary/aromatic N) is 1. The van der Waals surface area contributed by atoms with Crippen molar-refractivity contribution in [3.8, 4) is 12.3 Å². The molecule has 1 aliphatic heterocycles. The standard InChI is InChI=1S/C12H18N2O3/c1-4-5-13-11(15)9(3)14-6-8(2)10(7-14)12(16)17/h1,8-10H,5-7H2,2-3H3,(H,13,15)(H,16,17)/t8-,9?,10-/m1/s1. The molecule has 0 spiro atoms. The van der Waals surface area contributed by atoms with Gasteiger partial charge in [0.25, 0.3) is 0 Å². The van der Waals surface area contributed by atoms with E-state index in [1.54, 1.807) is 6.92 Å². The Hall–Kier alpha value is -1.54. The molecule has 0 aromatic rings. The van der Waals surface area contributed by atoms with E-state index in [0.717, 1.165) is 0 Å². The molecule has 0 aromatic carbocycles. The van der Waals surface area contributed by atoms with E-state index in [4.69, 9.17) is 11.5 Å². The number of aliphatic carboxylic acids is 1. The summed E-state index contributed by atoms with van der Waals surface area (Å²) in [6.07, 6.45) is 5.06. The van der Waals surface area contributed by atoms with Gasteiger partial charge in [0.2, 0.25) is 5.91 Å². The molecule has 1 unspecified atom stereocenters. The minimum Gasteiger partial charge on any atom is -0.481 e. The van der Waals surface area contributed by atoms with Crippen LogP contribution in [0.2, 0.25) is 0 Å². The molecule has 1 amide bonds. The summed E-state index contributed by atoms with van der Waals surface area (Å²) in [5.74, 6) is 1.06. The van der Waals surface area contributed by atoms with E-state index in [-0.39, 0.29) is 24.4 Å². The van der Waals surface area contributed by atoms with Gasteiger partial charge < -0.3 is 10.4 Å². The number of hydrogen-bond donors (Lipinski definition) is 2. The van der Waals surface area contributed by atoms with E-state index in [1.165, 1.54) is 0 Å². The second kappa shape index (κ2) is 5.69. The van der Waals surface area contributed by atoms with Crippen molar-refractivity contribution in [2.45, 2.75) is 19.9 Å². The van der Waals surface area contributed by atoms with Crippen LogP contribution in [0.3, 0.4) is 0 Å². The number of amides is 1. The average molecular weight is 238 g/mol. The first-order chi connectivity index (χ1) is 7.97. The van der Waals surface area contributed by atoms with Crippen LogP contribution in [0.25, 0.3) is 0 Å². The molecule has 0 bridgehead atoms. The third-order valence-corrected chi connectivity index (χ3v) is 3.25. The van der Waals surface area contributed by atoms with E-state index in [9.17, 15) is 9.59 Å². The third kappa shape index (κ3) is 3.21. The Morgan fingerprint density at radius 3 is 2.71 bits per heavy atom. The summed E-state index contributed by atoms with van der Waals surface area (Å²) in [6, 6.07) is -0.338. The zero-order chi connectivity index (χ0) is 13.0. The molecule has 0 radical (unpaired) electrons. The Morgan fingerprint density at radius 2 is 2.24 bits per heavy atom. The highest BCUT2D eigenvalue weighted by atomic mass is 16.4. The molecular formula is C12H18N2O3. The topological polar surface area (TPSA) is 69.6 Å². The number of rotatable bonds is 4. The maximum Gasteiger partial charge on any atom is 0.308 e. The van der Waals surface area contributed by atoms with Gasteiger partial charge in [-0.05, 0) is 12.8 Å². The van der Waals surface area contributed by atoms with E-state index in [2.05, 4.69) is 11.2 Å². The summed E-state index contributed by atoms with van der Waals surface area (Å²) >= 11 is 0. The molecule has 3 atom stereocenters. The normalized spacial score (nSPS) is 26.2. The molecular weight excluding hydrogens is 220 g/mol. The average Bonchev–Trinajstić information content (AvgIpc) is 2.67. The lowest BCUT2D eigenvalue weighted by Crippen LogP contribution is -2.44. The van der Waals surface area contributed by atoms with Gasteiger partial charge in [0.1, 0.15) is 0 Å². The predicted molar refractivity (Wildman–Crippen MR) is 63.2 cm³/mol. The highest BCUT2D eigenvalue weighted by molar-refractivity contribution is 5.81. The Balaban J connectivity index is 2.55. The molecule has 0 aliphatic carbocycles. The highest BCUT2D eigenvalue weighted by Crippen LogP contribution is 2.24. The summed E-state index contributed by atoms with van der Waals surface area (Å²) in [7, 11) is 0. The van der Waals surface area contributed by atoms with Gasteiger partial charge in [0.05, 0.1) is 18.5 Å². The molecule has 1 fully saturated rings. The lowest BCUT2D eigenvalue weighted by atomic mass is 9.99. The van der Waals surface area contributed by atoms with Crippen molar-refractivity contribution >= 4 is 11.9 Å². The summed E-state index contributed by atoms with van der Waals surface area (Å²) < 4.78 is 0. The van der Waals surface area contributed by atoms with Crippen molar-refractivity contribution in [2.24, 2.45) is 11.8 Å². The van der Waals surface area contributed by atoms with Crippen LogP contribution in [-0.2, 0) is 9.59 Å². The largest absolute Gasteiger partial charge is 0.481 e. The Morgan fingerprint density at radius 1 is 1.59 bits per heavy atom. The van der Waals surface area contributed by atoms with Crippen LogP contribution in [0.5, 0.6) is 0 Å². The fraction of sp³-hybridized carbons (Fsp3) is 0.667. The van der Waals surface area contributed by atoms with Crippen molar-refractivity contribution in [1.29, 1.82) is 0 Å². The lowest BCUT2D eigenvalue weighted by Gasteiger charge is -2.22. The van der Waals surface area contributed by atoms with Crippen LogP contribution in [0.1, 0.15) is 13.8 Å². The molecule has 5 nitrogen and oxygen atoms in total. The highest BCUT2D eigenvalue weighted by Gasteiger charge is 2.38. The van der Waals surface area contributed by atoms with Crippen LogP contribution >= 0.6 is 0 Å². The minimum atomic E-state index is -0.795. The maximum atomic E-state index is 11.7. The summed E-state index contributed by atoms with van der Waals surface area (Å²) in [6.45, 7) is 4.91. The van der Waals surface area contributed by atoms with E-state index in [1.807, 2.05) is 11.8 Å². The number of terminal acetylenes is 1. The lowest BCUT2D eigenvalue weighted by molar-refractivity contribution is -0.142. The van der Waals surface area contributed by atoms with E-state index >= 15 is 0 Å². The summed E-state index contributed by atoms with van der Waals surface area (Å²) in [4.78, 5) is 24.5. The van der Waals surface area contributed by atoms with E-state index < -0.39 is 11.9 Å². The van der Waals surface area contributed by atoms with Crippen LogP contribution < -0.4 is 5.32 Å². The smallest absolute Gasteiger partial charge is 0.308 e. The van der Waals surface area contributed by atoms with Crippen molar-refractivity contribution in [3.05, 3.63) is 0 Å². The molecule has 1 saturated heterocycles. The quantitative estimate of drug-likeness (QED) is 0.664. The minimum absolute atomic E-state index is 0.0652. The monoisotopic (exact) mass is 238 g/mol. The summed E-state index contributed by atoms with van der Waals surface area (Å²) in [5, 5.41) is 11.6. The van der Waals surface area contributed by atoms with Gasteiger partial charge in [-0.15, -0.1) is 6.42 Å². The first-order valence-corrected chi connectivity index (χ1v) is 5.65. The predicted octanol–water partition coefficient (Wildman–Crippen LogP) is -0.223.